The second kappa shape index (κ2) is 5.59. The Balaban J connectivity index is 1.49. The van der Waals surface area contributed by atoms with Gasteiger partial charge in [-0.15, -0.1) is 0 Å². The van der Waals surface area contributed by atoms with Crippen LogP contribution in [0.15, 0.2) is 51.7 Å². The van der Waals surface area contributed by atoms with Gasteiger partial charge in [0.15, 0.2) is 5.76 Å². The third kappa shape index (κ3) is 2.23. The Kier molecular flexibility index (Phi) is 3.32. The lowest BCUT2D eigenvalue weighted by atomic mass is 9.83. The van der Waals surface area contributed by atoms with Crippen LogP contribution in [0.25, 0.3) is 11.0 Å². The number of hydrogen-bond donors (Lipinski definition) is 0. The largest absolute Gasteiger partial charge is 0.451 e. The Morgan fingerprint density at radius 1 is 1.08 bits per heavy atom. The van der Waals surface area contributed by atoms with Crippen LogP contribution in [0.2, 0.25) is 0 Å². The zero-order chi connectivity index (χ0) is 17.8. The van der Waals surface area contributed by atoms with Crippen LogP contribution in [0.3, 0.4) is 0 Å². The van der Waals surface area contributed by atoms with E-state index in [1.807, 2.05) is 52.8 Å². The lowest BCUT2D eigenvalue weighted by molar-refractivity contribution is 0.0565. The van der Waals surface area contributed by atoms with E-state index in [0.717, 1.165) is 28.6 Å². The smallest absolute Gasteiger partial charge is 0.289 e. The number of amides is 1. The Morgan fingerprint density at radius 3 is 2.77 bits per heavy atom. The molecule has 2 aliphatic heterocycles. The molecule has 3 aromatic rings. The number of piperidine rings is 1. The van der Waals surface area contributed by atoms with Gasteiger partial charge in [-0.25, -0.2) is 0 Å². The molecule has 5 rings (SSSR count). The van der Waals surface area contributed by atoms with Gasteiger partial charge in [-0.2, -0.15) is 0 Å². The van der Waals surface area contributed by atoms with Gasteiger partial charge in [0, 0.05) is 48.3 Å². The molecule has 1 saturated heterocycles. The Bertz CT molecular complexity index is 1080. The van der Waals surface area contributed by atoms with Crippen LogP contribution >= 0.6 is 0 Å². The fraction of sp³-hybridized carbons (Fsp3) is 0.333. The van der Waals surface area contributed by atoms with Gasteiger partial charge in [-0.3, -0.25) is 9.59 Å². The van der Waals surface area contributed by atoms with Crippen LogP contribution < -0.4 is 5.56 Å². The molecule has 0 aliphatic carbocycles. The quantitative estimate of drug-likeness (QED) is 0.679. The van der Waals surface area contributed by atoms with Crippen molar-refractivity contribution in [3.05, 3.63) is 69.8 Å². The van der Waals surface area contributed by atoms with Gasteiger partial charge in [-0.1, -0.05) is 24.3 Å². The van der Waals surface area contributed by atoms with Gasteiger partial charge in [-0.05, 0) is 31.4 Å². The molecular formula is C21H20N2O3. The number of carbonyl (C=O) groups excluding carboxylic acids is 1. The van der Waals surface area contributed by atoms with Gasteiger partial charge >= 0.3 is 0 Å². The predicted octanol–water partition coefficient (Wildman–Crippen LogP) is 3.16. The molecule has 1 amide bonds. The van der Waals surface area contributed by atoms with Crippen molar-refractivity contribution in [3.8, 4) is 0 Å². The number of aryl methyl sites for hydroxylation is 1. The van der Waals surface area contributed by atoms with Crippen molar-refractivity contribution < 1.29 is 9.21 Å². The maximum atomic E-state index is 13.2. The summed E-state index contributed by atoms with van der Waals surface area (Å²) in [4.78, 5) is 27.2. The molecule has 0 unspecified atom stereocenters. The van der Waals surface area contributed by atoms with E-state index in [9.17, 15) is 9.59 Å². The lowest BCUT2D eigenvalue weighted by Crippen LogP contribution is -2.49. The minimum atomic E-state index is -0.0415. The average molecular weight is 348 g/mol. The molecule has 132 valence electrons. The minimum Gasteiger partial charge on any atom is -0.451 e. The highest BCUT2D eigenvalue weighted by Crippen LogP contribution is 2.36. The SMILES string of the molecule is Cc1c(C(=O)N2C[C@@H]3C[C@H](C2)c2cccc(=O)n2C3)oc2ccccc12. The number of aromatic nitrogens is 1. The molecule has 2 aliphatic rings. The maximum Gasteiger partial charge on any atom is 0.289 e. The Hall–Kier alpha value is -2.82. The summed E-state index contributed by atoms with van der Waals surface area (Å²) >= 11 is 0. The lowest BCUT2D eigenvalue weighted by Gasteiger charge is -2.42. The maximum absolute atomic E-state index is 13.2. The molecule has 5 heteroatoms. The summed E-state index contributed by atoms with van der Waals surface area (Å²) in [6.45, 7) is 3.94. The van der Waals surface area contributed by atoms with Crippen molar-refractivity contribution >= 4 is 16.9 Å². The second-order valence-corrected chi connectivity index (χ2v) is 7.46. The fourth-order valence-electron chi connectivity index (χ4n) is 4.58. The van der Waals surface area contributed by atoms with Gasteiger partial charge < -0.3 is 13.9 Å². The molecule has 1 aromatic carbocycles. The summed E-state index contributed by atoms with van der Waals surface area (Å²) in [5.74, 6) is 0.928. The van der Waals surface area contributed by atoms with Gasteiger partial charge in [0.2, 0.25) is 0 Å². The molecular weight excluding hydrogens is 328 g/mol. The van der Waals surface area contributed by atoms with E-state index in [4.69, 9.17) is 4.42 Å². The summed E-state index contributed by atoms with van der Waals surface area (Å²) in [5, 5.41) is 0.991. The monoisotopic (exact) mass is 348 g/mol. The van der Waals surface area contributed by atoms with Crippen molar-refractivity contribution in [2.45, 2.75) is 25.8 Å². The van der Waals surface area contributed by atoms with E-state index < -0.39 is 0 Å². The number of carbonyl (C=O) groups is 1. The zero-order valence-electron chi connectivity index (χ0n) is 14.6. The van der Waals surface area contributed by atoms with Crippen LogP contribution in [0, 0.1) is 12.8 Å². The number of pyridine rings is 1. The Morgan fingerprint density at radius 2 is 1.92 bits per heavy atom. The summed E-state index contributed by atoms with van der Waals surface area (Å²) in [6.07, 6.45) is 1.03. The summed E-state index contributed by atoms with van der Waals surface area (Å²) in [5.41, 5.74) is 2.76. The molecule has 0 spiro atoms. The van der Waals surface area contributed by atoms with E-state index >= 15 is 0 Å². The third-order valence-corrected chi connectivity index (χ3v) is 5.80. The van der Waals surface area contributed by atoms with Crippen molar-refractivity contribution in [1.29, 1.82) is 0 Å². The standard InChI is InChI=1S/C21H20N2O3/c1-13-16-5-2-3-7-18(16)26-20(13)21(25)22-10-14-9-15(12-22)17-6-4-8-19(24)23(17)11-14/h2-8,14-15H,9-12H2,1H3/t14-,15+/m0/s1. The number of rotatable bonds is 1. The van der Waals surface area contributed by atoms with Crippen molar-refractivity contribution in [2.24, 2.45) is 5.92 Å². The summed E-state index contributed by atoms with van der Waals surface area (Å²) in [6, 6.07) is 13.2. The highest BCUT2D eigenvalue weighted by atomic mass is 16.3. The van der Waals surface area contributed by atoms with Crippen molar-refractivity contribution in [2.75, 3.05) is 13.1 Å². The normalized spacial score (nSPS) is 21.7. The number of benzene rings is 1. The van der Waals surface area contributed by atoms with Crippen molar-refractivity contribution in [1.82, 2.24) is 9.47 Å². The van der Waals surface area contributed by atoms with Crippen LogP contribution in [0.4, 0.5) is 0 Å². The highest BCUT2D eigenvalue weighted by molar-refractivity contribution is 5.99. The third-order valence-electron chi connectivity index (χ3n) is 5.80. The van der Waals surface area contributed by atoms with Gasteiger partial charge in [0.1, 0.15) is 5.58 Å². The highest BCUT2D eigenvalue weighted by Gasteiger charge is 2.37. The first kappa shape index (κ1) is 15.4. The number of fused-ring (bicyclic) bond motifs is 5. The molecule has 0 radical (unpaired) electrons. The van der Waals surface area contributed by atoms with Gasteiger partial charge in [0.05, 0.1) is 0 Å². The first-order valence-electron chi connectivity index (χ1n) is 9.09. The predicted molar refractivity (Wildman–Crippen MR) is 98.4 cm³/mol. The van der Waals surface area contributed by atoms with Crippen molar-refractivity contribution in [3.63, 3.8) is 0 Å². The fourth-order valence-corrected chi connectivity index (χ4v) is 4.58. The molecule has 2 bridgehead atoms. The zero-order valence-corrected chi connectivity index (χ0v) is 14.6. The summed E-state index contributed by atoms with van der Waals surface area (Å²) < 4.78 is 7.76. The molecule has 4 heterocycles. The Labute approximate surface area is 150 Å². The molecule has 0 saturated carbocycles. The van der Waals surface area contributed by atoms with Crippen LogP contribution in [0.5, 0.6) is 0 Å². The average Bonchev–Trinajstić information content (AvgIpc) is 2.99. The molecule has 26 heavy (non-hydrogen) atoms. The topological polar surface area (TPSA) is 55.5 Å². The molecule has 0 N–H and O–H groups in total. The van der Waals surface area contributed by atoms with E-state index in [-0.39, 0.29) is 17.4 Å². The van der Waals surface area contributed by atoms with Crippen LogP contribution in [-0.2, 0) is 6.54 Å². The molecule has 2 aromatic heterocycles. The number of nitrogens with zero attached hydrogens (tertiary/aromatic N) is 2. The van der Waals surface area contributed by atoms with E-state index in [0.29, 0.717) is 31.3 Å². The molecule has 1 fully saturated rings. The first-order valence-corrected chi connectivity index (χ1v) is 9.09. The summed E-state index contributed by atoms with van der Waals surface area (Å²) in [7, 11) is 0. The van der Waals surface area contributed by atoms with Crippen LogP contribution in [0.1, 0.15) is 34.2 Å². The van der Waals surface area contributed by atoms with E-state index in [2.05, 4.69) is 0 Å². The molecule has 5 nitrogen and oxygen atoms in total. The molecule has 2 atom stereocenters. The van der Waals surface area contributed by atoms with E-state index in [1.165, 1.54) is 0 Å². The van der Waals surface area contributed by atoms with E-state index in [1.54, 1.807) is 6.07 Å². The second-order valence-electron chi connectivity index (χ2n) is 7.46. The van der Waals surface area contributed by atoms with Crippen LogP contribution in [-0.4, -0.2) is 28.5 Å². The number of para-hydroxylation sites is 1. The van der Waals surface area contributed by atoms with Gasteiger partial charge in [0.25, 0.3) is 11.5 Å². The number of likely N-dealkylation sites (tertiary alicyclic amines) is 1. The minimum absolute atomic E-state index is 0.0415. The number of hydrogen-bond acceptors (Lipinski definition) is 3. The number of furan rings is 1. The first-order chi connectivity index (χ1) is 12.6.